The molecule has 0 saturated heterocycles. The van der Waals surface area contributed by atoms with E-state index in [0.29, 0.717) is 0 Å². The normalized spacial score (nSPS) is 17.9. The van der Waals surface area contributed by atoms with Crippen LogP contribution in [0.1, 0.15) is 38.5 Å². The van der Waals surface area contributed by atoms with Gasteiger partial charge in [0.2, 0.25) is 10.0 Å². The molecule has 1 aromatic carbocycles. The van der Waals surface area contributed by atoms with Gasteiger partial charge >= 0.3 is 0 Å². The molecular weight excluding hydrogens is 284 g/mol. The fourth-order valence-corrected chi connectivity index (χ4v) is 3.86. The van der Waals surface area contributed by atoms with Crippen molar-refractivity contribution in [1.82, 2.24) is 4.72 Å². The predicted molar refractivity (Wildman–Crippen MR) is 72.7 cm³/mol. The Bertz CT molecular complexity index is 532. The number of hydrogen-bond donors (Lipinski definition) is 1. The number of sulfonamides is 1. The molecular formula is C14H19F2NO2S. The maximum absolute atomic E-state index is 13.5. The second kappa shape index (κ2) is 6.63. The van der Waals surface area contributed by atoms with E-state index in [1.807, 2.05) is 0 Å². The van der Waals surface area contributed by atoms with Crippen molar-refractivity contribution in [3.05, 3.63) is 29.8 Å². The molecule has 0 spiro atoms. The summed E-state index contributed by atoms with van der Waals surface area (Å²) in [6.07, 6.45) is 6.43. The Hall–Kier alpha value is -1.01. The van der Waals surface area contributed by atoms with E-state index >= 15 is 0 Å². The van der Waals surface area contributed by atoms with Gasteiger partial charge < -0.3 is 0 Å². The summed E-state index contributed by atoms with van der Waals surface area (Å²) in [7, 11) is -4.13. The third-order valence-corrected chi connectivity index (χ3v) is 5.20. The van der Waals surface area contributed by atoms with Crippen LogP contribution in [0.2, 0.25) is 0 Å². The lowest BCUT2D eigenvalue weighted by atomic mass is 10.0. The Morgan fingerprint density at radius 1 is 1.05 bits per heavy atom. The summed E-state index contributed by atoms with van der Waals surface area (Å²) in [5, 5.41) is 0. The van der Waals surface area contributed by atoms with Crippen molar-refractivity contribution in [3.63, 3.8) is 0 Å². The molecule has 6 heteroatoms. The van der Waals surface area contributed by atoms with Gasteiger partial charge in [-0.1, -0.05) is 31.7 Å². The van der Waals surface area contributed by atoms with Crippen LogP contribution in [0.25, 0.3) is 0 Å². The standard InChI is InChI=1S/C14H19F2NO2S/c15-12-8-5-9-13(16)14(12)20(18,19)17-10-11-6-3-1-2-4-7-11/h5,8-9,11,17H,1-4,6-7,10H2. The third-order valence-electron chi connectivity index (χ3n) is 3.72. The Kier molecular flexibility index (Phi) is 5.10. The number of halogens is 2. The molecule has 1 aliphatic carbocycles. The zero-order valence-corrected chi connectivity index (χ0v) is 12.1. The maximum Gasteiger partial charge on any atom is 0.246 e. The van der Waals surface area contributed by atoms with Gasteiger partial charge in [-0.25, -0.2) is 21.9 Å². The first-order valence-electron chi connectivity index (χ1n) is 6.94. The van der Waals surface area contributed by atoms with E-state index in [1.165, 1.54) is 12.8 Å². The largest absolute Gasteiger partial charge is 0.246 e. The highest BCUT2D eigenvalue weighted by Crippen LogP contribution is 2.23. The zero-order valence-electron chi connectivity index (χ0n) is 11.2. The summed E-state index contributed by atoms with van der Waals surface area (Å²) >= 11 is 0. The summed E-state index contributed by atoms with van der Waals surface area (Å²) in [5.74, 6) is -1.86. The molecule has 112 valence electrons. The van der Waals surface area contributed by atoms with Crippen LogP contribution < -0.4 is 4.72 Å². The molecule has 1 N–H and O–H groups in total. The van der Waals surface area contributed by atoms with Crippen molar-refractivity contribution < 1.29 is 17.2 Å². The average Bonchev–Trinajstić information content (AvgIpc) is 2.64. The van der Waals surface area contributed by atoms with Gasteiger partial charge in [-0.3, -0.25) is 0 Å². The molecule has 0 radical (unpaired) electrons. The van der Waals surface area contributed by atoms with Crippen molar-refractivity contribution in [1.29, 1.82) is 0 Å². The van der Waals surface area contributed by atoms with E-state index in [-0.39, 0.29) is 12.5 Å². The first-order valence-corrected chi connectivity index (χ1v) is 8.43. The van der Waals surface area contributed by atoms with E-state index in [9.17, 15) is 17.2 Å². The minimum absolute atomic E-state index is 0.246. The monoisotopic (exact) mass is 303 g/mol. The van der Waals surface area contributed by atoms with Crippen LogP contribution in [0.5, 0.6) is 0 Å². The number of benzene rings is 1. The molecule has 0 aliphatic heterocycles. The highest BCUT2D eigenvalue weighted by Gasteiger charge is 2.24. The van der Waals surface area contributed by atoms with Gasteiger partial charge in [-0.2, -0.15) is 0 Å². The van der Waals surface area contributed by atoms with E-state index in [0.717, 1.165) is 43.9 Å². The Labute approximate surface area is 118 Å². The van der Waals surface area contributed by atoms with Crippen molar-refractivity contribution in [2.45, 2.75) is 43.4 Å². The SMILES string of the molecule is O=S(=O)(NCC1CCCCCC1)c1c(F)cccc1F. The van der Waals surface area contributed by atoms with Crippen LogP contribution in [0.15, 0.2) is 23.1 Å². The van der Waals surface area contributed by atoms with Gasteiger partial charge in [-0.05, 0) is 30.9 Å². The number of hydrogen-bond acceptors (Lipinski definition) is 2. The molecule has 1 aliphatic rings. The van der Waals surface area contributed by atoms with E-state index < -0.39 is 26.6 Å². The minimum atomic E-state index is -4.13. The zero-order chi connectivity index (χ0) is 14.6. The highest BCUT2D eigenvalue weighted by molar-refractivity contribution is 7.89. The van der Waals surface area contributed by atoms with Crippen LogP contribution in [0.4, 0.5) is 8.78 Å². The Balaban J connectivity index is 2.07. The van der Waals surface area contributed by atoms with Crippen molar-refractivity contribution in [2.75, 3.05) is 6.54 Å². The molecule has 1 aromatic rings. The Morgan fingerprint density at radius 2 is 1.60 bits per heavy atom. The fraction of sp³-hybridized carbons (Fsp3) is 0.571. The second-order valence-corrected chi connectivity index (χ2v) is 6.96. The maximum atomic E-state index is 13.5. The first kappa shape index (κ1) is 15.4. The van der Waals surface area contributed by atoms with Gasteiger partial charge in [0.05, 0.1) is 0 Å². The summed E-state index contributed by atoms with van der Waals surface area (Å²) in [6.45, 7) is 0.246. The average molecular weight is 303 g/mol. The molecule has 3 nitrogen and oxygen atoms in total. The lowest BCUT2D eigenvalue weighted by Gasteiger charge is -2.15. The quantitative estimate of drug-likeness (QED) is 0.868. The van der Waals surface area contributed by atoms with Gasteiger partial charge in [0.25, 0.3) is 0 Å². The first-order chi connectivity index (χ1) is 9.50. The molecule has 0 atom stereocenters. The Morgan fingerprint density at radius 3 is 2.15 bits per heavy atom. The van der Waals surface area contributed by atoms with Crippen molar-refractivity contribution >= 4 is 10.0 Å². The summed E-state index contributed by atoms with van der Waals surface area (Å²) in [4.78, 5) is -0.881. The van der Waals surface area contributed by atoms with Crippen molar-refractivity contribution in [3.8, 4) is 0 Å². The second-order valence-electron chi connectivity index (χ2n) is 5.26. The molecule has 20 heavy (non-hydrogen) atoms. The van der Waals surface area contributed by atoms with Gasteiger partial charge in [0, 0.05) is 6.54 Å². The fourth-order valence-electron chi connectivity index (χ4n) is 2.61. The topological polar surface area (TPSA) is 46.2 Å². The molecule has 1 saturated carbocycles. The molecule has 1 fully saturated rings. The summed E-state index contributed by atoms with van der Waals surface area (Å²) in [5.41, 5.74) is 0. The summed E-state index contributed by atoms with van der Waals surface area (Å²) in [6, 6.07) is 3.04. The van der Waals surface area contributed by atoms with Gasteiger partial charge in [0.15, 0.2) is 4.90 Å². The van der Waals surface area contributed by atoms with Crippen molar-refractivity contribution in [2.24, 2.45) is 5.92 Å². The highest BCUT2D eigenvalue weighted by atomic mass is 32.2. The van der Waals surface area contributed by atoms with Crippen LogP contribution >= 0.6 is 0 Å². The smallest absolute Gasteiger partial charge is 0.211 e. The number of rotatable bonds is 4. The third kappa shape index (κ3) is 3.76. The summed E-state index contributed by atoms with van der Waals surface area (Å²) < 4.78 is 53.4. The lowest BCUT2D eigenvalue weighted by molar-refractivity contribution is 0.448. The molecule has 0 amide bonds. The molecule has 0 unspecified atom stereocenters. The molecule has 0 aromatic heterocycles. The lowest BCUT2D eigenvalue weighted by Crippen LogP contribution is -2.30. The van der Waals surface area contributed by atoms with Gasteiger partial charge in [-0.15, -0.1) is 0 Å². The van der Waals surface area contributed by atoms with Crippen LogP contribution in [-0.4, -0.2) is 15.0 Å². The molecule has 2 rings (SSSR count). The van der Waals surface area contributed by atoms with Crippen LogP contribution in [-0.2, 0) is 10.0 Å². The van der Waals surface area contributed by atoms with E-state index in [1.54, 1.807) is 0 Å². The molecule has 0 bridgehead atoms. The molecule has 0 heterocycles. The van der Waals surface area contributed by atoms with E-state index in [4.69, 9.17) is 0 Å². The van der Waals surface area contributed by atoms with Crippen LogP contribution in [0.3, 0.4) is 0 Å². The number of nitrogens with one attached hydrogen (secondary N) is 1. The van der Waals surface area contributed by atoms with Crippen LogP contribution in [0, 0.1) is 17.6 Å². The predicted octanol–water partition coefficient (Wildman–Crippen LogP) is 3.21. The minimum Gasteiger partial charge on any atom is -0.211 e. The van der Waals surface area contributed by atoms with E-state index in [2.05, 4.69) is 4.72 Å². The van der Waals surface area contributed by atoms with Gasteiger partial charge in [0.1, 0.15) is 11.6 Å².